The van der Waals surface area contributed by atoms with Crippen molar-refractivity contribution in [2.75, 3.05) is 0 Å². The van der Waals surface area contributed by atoms with Crippen LogP contribution in [-0.2, 0) is 92.1 Å². The maximum Gasteiger partial charge on any atom is 0 e. The van der Waals surface area contributed by atoms with Crippen LogP contribution >= 0.6 is 0 Å². The number of hydrogen-bond donors (Lipinski definition) is 0. The van der Waals surface area contributed by atoms with Crippen LogP contribution in [0.5, 0.6) is 0 Å². The van der Waals surface area contributed by atoms with E-state index in [1.165, 1.54) is 0 Å². The molecule has 0 rings (SSSR count). The zero-order chi connectivity index (χ0) is 0. The molecule has 0 N–H and O–H groups in total. The summed E-state index contributed by atoms with van der Waals surface area (Å²) in [5.74, 6) is 0. The van der Waals surface area contributed by atoms with Gasteiger partial charge in [0.15, 0.2) is 0 Å². The summed E-state index contributed by atoms with van der Waals surface area (Å²) in [6, 6.07) is 0. The fourth-order valence-electron chi connectivity index (χ4n) is 0. The van der Waals surface area contributed by atoms with Crippen molar-refractivity contribution in [3.05, 3.63) is 0 Å². The Labute approximate surface area is 91.1 Å². The Morgan fingerprint density at radius 3 is 0.500 bits per heavy atom. The van der Waals surface area contributed by atoms with Gasteiger partial charge in [0.25, 0.3) is 0 Å². The zero-order valence-corrected chi connectivity index (χ0v) is 10.3. The van der Waals surface area contributed by atoms with E-state index in [0.717, 1.165) is 0 Å². The molecule has 0 aliphatic carbocycles. The molecule has 0 fully saturated rings. The maximum absolute atomic E-state index is 0. The molecule has 0 unspecified atom stereocenters. The molecule has 0 aliphatic heterocycles. The summed E-state index contributed by atoms with van der Waals surface area (Å²) >= 11 is 0. The third-order valence-corrected chi connectivity index (χ3v) is 0. The molecule has 0 nitrogen and oxygen atoms in total. The Bertz CT molecular complexity index is 7.51. The molecule has 0 aromatic heterocycles. The van der Waals surface area contributed by atoms with E-state index in [1.807, 2.05) is 0 Å². The van der Waals surface area contributed by atoms with Gasteiger partial charge in [0.1, 0.15) is 0 Å². The maximum atomic E-state index is 0. The van der Waals surface area contributed by atoms with Crippen LogP contribution in [-0.4, -0.2) is 0 Å². The SMILES string of the molecule is [Mn].[SH-].[SH-].[SH-].[SH-].[W]. The minimum Gasteiger partial charge on any atom is -0.813 e. The average molecular weight is 371 g/mol. The molecule has 0 amide bonds. The molecule has 45 valence electrons. The fourth-order valence-corrected chi connectivity index (χ4v) is 0. The number of hydrogen-bond acceptors (Lipinski definition) is 4. The Kier molecular flexibility index (Phi) is 596. The molecule has 0 saturated heterocycles. The Morgan fingerprint density at radius 1 is 0.500 bits per heavy atom. The van der Waals surface area contributed by atoms with Crippen LogP contribution in [0, 0.1) is 0 Å². The van der Waals surface area contributed by atoms with Gasteiger partial charge in [0.05, 0.1) is 0 Å². The predicted octanol–water partition coefficient (Wildman–Crippen LogP) is -1.09. The van der Waals surface area contributed by atoms with E-state index >= 15 is 0 Å². The van der Waals surface area contributed by atoms with Crippen molar-refractivity contribution in [2.24, 2.45) is 0 Å². The van der Waals surface area contributed by atoms with Gasteiger partial charge in [-0.05, 0) is 0 Å². The van der Waals surface area contributed by atoms with E-state index < -0.39 is 0 Å². The Morgan fingerprint density at radius 2 is 0.500 bits per heavy atom. The van der Waals surface area contributed by atoms with E-state index in [0.29, 0.717) is 0 Å². The van der Waals surface area contributed by atoms with Gasteiger partial charge in [-0.15, -0.1) is 0 Å². The van der Waals surface area contributed by atoms with Gasteiger partial charge in [-0.25, -0.2) is 0 Å². The summed E-state index contributed by atoms with van der Waals surface area (Å²) in [6.45, 7) is 0. The topological polar surface area (TPSA) is 0 Å². The van der Waals surface area contributed by atoms with Crippen molar-refractivity contribution in [3.8, 4) is 0 Å². The van der Waals surface area contributed by atoms with Gasteiger partial charge >= 0.3 is 0 Å². The third kappa shape index (κ3) is 30.6. The van der Waals surface area contributed by atoms with Crippen LogP contribution in [0.4, 0.5) is 0 Å². The van der Waals surface area contributed by atoms with Crippen LogP contribution in [0.25, 0.3) is 0 Å². The van der Waals surface area contributed by atoms with Crippen LogP contribution in [0.15, 0.2) is 0 Å². The smallest absolute Gasteiger partial charge is 0 e. The first-order chi connectivity index (χ1) is 0. The van der Waals surface area contributed by atoms with E-state index in [-0.39, 0.29) is 92.1 Å². The normalized spacial score (nSPS) is 0. The fraction of sp³-hybridized carbons (Fsp3) is 0. The van der Waals surface area contributed by atoms with Crippen LogP contribution in [0.3, 0.4) is 0 Å². The minimum absolute atomic E-state index is 0. The van der Waals surface area contributed by atoms with Crippen molar-refractivity contribution < 1.29 is 38.1 Å². The van der Waals surface area contributed by atoms with Crippen molar-refractivity contribution in [3.63, 3.8) is 0 Å². The molecule has 0 aromatic carbocycles. The molecule has 0 saturated carbocycles. The van der Waals surface area contributed by atoms with E-state index in [9.17, 15) is 0 Å². The van der Waals surface area contributed by atoms with Gasteiger partial charge < -0.3 is 54.0 Å². The standard InChI is InChI=1S/Mn.4H2S.W/h;4*1H2;/p-4. The van der Waals surface area contributed by atoms with Crippen LogP contribution in [0.1, 0.15) is 0 Å². The molecule has 0 bridgehead atoms. The molecule has 6 heteroatoms. The molecule has 0 atom stereocenters. The quantitative estimate of drug-likeness (QED) is 0.302. The summed E-state index contributed by atoms with van der Waals surface area (Å²) in [5, 5.41) is 0. The summed E-state index contributed by atoms with van der Waals surface area (Å²) in [6.07, 6.45) is 0. The van der Waals surface area contributed by atoms with Crippen molar-refractivity contribution >= 4 is 54.0 Å². The zero-order valence-electron chi connectivity index (χ0n) is 2.58. The molecule has 0 heterocycles. The first kappa shape index (κ1) is 73.3. The van der Waals surface area contributed by atoms with Gasteiger partial charge in [0.2, 0.25) is 0 Å². The number of rotatable bonds is 0. The molecule has 6 heavy (non-hydrogen) atoms. The molecule has 0 aliphatic rings. The van der Waals surface area contributed by atoms with E-state index in [4.69, 9.17) is 0 Å². The van der Waals surface area contributed by atoms with E-state index in [1.54, 1.807) is 0 Å². The van der Waals surface area contributed by atoms with Crippen molar-refractivity contribution in [1.29, 1.82) is 0 Å². The molecular formula is H4MnS4W-4. The van der Waals surface area contributed by atoms with Crippen LogP contribution < -0.4 is 0 Å². The van der Waals surface area contributed by atoms with Gasteiger partial charge in [0, 0.05) is 38.1 Å². The minimum atomic E-state index is 0. The predicted molar refractivity (Wildman–Crippen MR) is 35.0 cm³/mol. The summed E-state index contributed by atoms with van der Waals surface area (Å²) in [4.78, 5) is 0. The first-order valence-electron chi connectivity index (χ1n) is 0. The Balaban J connectivity index is 0. The van der Waals surface area contributed by atoms with Gasteiger partial charge in [-0.1, -0.05) is 0 Å². The average Bonchev–Trinajstić information content (AvgIpc) is 0. The molecule has 0 spiro atoms. The summed E-state index contributed by atoms with van der Waals surface area (Å²) in [5.41, 5.74) is 0. The third-order valence-electron chi connectivity index (χ3n) is 0. The second-order valence-electron chi connectivity index (χ2n) is 0. The second kappa shape index (κ2) is 48.8. The van der Waals surface area contributed by atoms with Gasteiger partial charge in [-0.2, -0.15) is 0 Å². The second-order valence-corrected chi connectivity index (χ2v) is 0. The monoisotopic (exact) mass is 371 g/mol. The van der Waals surface area contributed by atoms with Crippen LogP contribution in [0.2, 0.25) is 0 Å². The van der Waals surface area contributed by atoms with Crippen molar-refractivity contribution in [2.45, 2.75) is 0 Å². The van der Waals surface area contributed by atoms with E-state index in [2.05, 4.69) is 0 Å². The van der Waals surface area contributed by atoms with Gasteiger partial charge in [-0.3, -0.25) is 0 Å². The largest absolute Gasteiger partial charge is 0.813 e. The van der Waals surface area contributed by atoms with Crippen molar-refractivity contribution in [1.82, 2.24) is 0 Å². The molecular weight excluding hydrogens is 367 g/mol. The molecule has 1 radical (unpaired) electrons. The first-order valence-corrected chi connectivity index (χ1v) is 0. The number of thiol groups is 4. The summed E-state index contributed by atoms with van der Waals surface area (Å²) < 4.78 is 0. The molecule has 0 aromatic rings. The summed E-state index contributed by atoms with van der Waals surface area (Å²) in [7, 11) is 0. The Hall–Kier alpha value is 2.61.